The van der Waals surface area contributed by atoms with Crippen molar-refractivity contribution in [1.29, 1.82) is 0 Å². The molecule has 3 aromatic rings. The number of nitrogens with one attached hydrogen (secondary N) is 1. The second-order valence-electron chi connectivity index (χ2n) is 8.87. The van der Waals surface area contributed by atoms with Crippen molar-refractivity contribution in [2.75, 3.05) is 0 Å². The largest absolute Gasteiger partial charge is 0.506 e. The zero-order chi connectivity index (χ0) is 20.8. The number of ether oxygens (including phenoxy) is 1. The normalized spacial score (nSPS) is 26.0. The summed E-state index contributed by atoms with van der Waals surface area (Å²) in [6, 6.07) is 5.19. The second-order valence-corrected chi connectivity index (χ2v) is 8.87. The van der Waals surface area contributed by atoms with Crippen molar-refractivity contribution in [2.24, 2.45) is 0 Å². The second kappa shape index (κ2) is 9.13. The van der Waals surface area contributed by atoms with Crippen LogP contribution in [-0.2, 0) is 0 Å². The van der Waals surface area contributed by atoms with Gasteiger partial charge in [-0.25, -0.2) is 15.0 Å². The molecule has 5 rings (SSSR count). The molecule has 2 bridgehead atoms. The summed E-state index contributed by atoms with van der Waals surface area (Å²) in [7, 11) is 0. The molecule has 3 aromatic heterocycles. The molecule has 2 N–H and O–H groups in total. The van der Waals surface area contributed by atoms with Crippen LogP contribution < -0.4 is 10.1 Å². The Bertz CT molecular complexity index is 1050. The van der Waals surface area contributed by atoms with Gasteiger partial charge in [-0.05, 0) is 38.8 Å². The van der Waals surface area contributed by atoms with E-state index in [0.717, 1.165) is 24.0 Å². The molecule has 2 aliphatic rings. The maximum Gasteiger partial charge on any atom is 0.233 e. The SMILES string of the molecule is CC12CCC(C)(CC(Oc3ccc(-c4ncc(-c5cncnc5)cc4O)nn3)C1)N2.Cl.Cl. The zero-order valence-corrected chi connectivity index (χ0v) is 19.5. The first-order chi connectivity index (χ1) is 14.4. The molecule has 0 aromatic carbocycles. The van der Waals surface area contributed by atoms with Crippen molar-refractivity contribution in [1.82, 2.24) is 30.5 Å². The molecule has 0 saturated carbocycles. The predicted octanol–water partition coefficient (Wildman–Crippen LogP) is 3.99. The number of piperidine rings is 1. The molecule has 10 heteroatoms. The van der Waals surface area contributed by atoms with Gasteiger partial charge in [-0.2, -0.15) is 0 Å². The Morgan fingerprint density at radius 3 is 2.25 bits per heavy atom. The summed E-state index contributed by atoms with van der Waals surface area (Å²) in [5.74, 6) is 0.518. The lowest BCUT2D eigenvalue weighted by molar-refractivity contribution is 0.0754. The number of fused-ring (bicyclic) bond motifs is 2. The first kappa shape index (κ1) is 24.1. The van der Waals surface area contributed by atoms with E-state index >= 15 is 0 Å². The average Bonchev–Trinajstić information content (AvgIpc) is 2.96. The first-order valence-corrected chi connectivity index (χ1v) is 10.2. The summed E-state index contributed by atoms with van der Waals surface area (Å²) in [5, 5.41) is 22.7. The van der Waals surface area contributed by atoms with Gasteiger partial charge in [0.1, 0.15) is 29.6 Å². The third kappa shape index (κ3) is 4.77. The third-order valence-corrected chi connectivity index (χ3v) is 6.12. The highest BCUT2D eigenvalue weighted by Gasteiger charge is 2.49. The summed E-state index contributed by atoms with van der Waals surface area (Å²) in [5.41, 5.74) is 2.63. The molecule has 2 fully saturated rings. The van der Waals surface area contributed by atoms with Crippen molar-refractivity contribution in [3.63, 3.8) is 0 Å². The molecule has 0 amide bonds. The Kier molecular flexibility index (Phi) is 6.88. The number of hydrogen-bond acceptors (Lipinski definition) is 8. The average molecular weight is 477 g/mol. The predicted molar refractivity (Wildman–Crippen MR) is 125 cm³/mol. The van der Waals surface area contributed by atoms with Crippen molar-refractivity contribution in [3.05, 3.63) is 43.1 Å². The van der Waals surface area contributed by atoms with Crippen molar-refractivity contribution < 1.29 is 9.84 Å². The summed E-state index contributed by atoms with van der Waals surface area (Å²) in [6.45, 7) is 4.53. The van der Waals surface area contributed by atoms with Gasteiger partial charge in [-0.3, -0.25) is 0 Å². The molecule has 5 heterocycles. The van der Waals surface area contributed by atoms with Gasteiger partial charge in [0.25, 0.3) is 0 Å². The van der Waals surface area contributed by atoms with Gasteiger partial charge in [0.05, 0.1) is 0 Å². The Morgan fingerprint density at radius 1 is 0.969 bits per heavy atom. The summed E-state index contributed by atoms with van der Waals surface area (Å²) < 4.78 is 6.15. The van der Waals surface area contributed by atoms with Crippen LogP contribution in [0.3, 0.4) is 0 Å². The zero-order valence-electron chi connectivity index (χ0n) is 17.9. The quantitative estimate of drug-likeness (QED) is 0.581. The number of nitrogens with zero attached hydrogens (tertiary/aromatic N) is 5. The number of halogens is 2. The van der Waals surface area contributed by atoms with Crippen LogP contribution in [0, 0.1) is 0 Å². The molecular weight excluding hydrogens is 451 g/mol. The maximum atomic E-state index is 10.4. The number of hydrogen-bond donors (Lipinski definition) is 2. The number of pyridine rings is 1. The van der Waals surface area contributed by atoms with E-state index in [4.69, 9.17) is 4.74 Å². The standard InChI is InChI=1S/C22H24N6O2.2ClH/c1-21-5-6-22(2,28-21)9-16(8-21)30-19-4-3-17(26-27-19)20-18(29)7-14(12-25-20)15-10-23-13-24-11-15;;/h3-4,7,10-13,16,28-29H,5-6,8-9H2,1-2H3;2*1H. The molecule has 2 saturated heterocycles. The van der Waals surface area contributed by atoms with Crippen LogP contribution in [0.15, 0.2) is 43.1 Å². The summed E-state index contributed by atoms with van der Waals surface area (Å²) >= 11 is 0. The highest BCUT2D eigenvalue weighted by atomic mass is 35.5. The fourth-order valence-electron chi connectivity index (χ4n) is 4.81. The van der Waals surface area contributed by atoms with Gasteiger partial charge in [0.15, 0.2) is 0 Å². The fourth-order valence-corrected chi connectivity index (χ4v) is 4.81. The molecule has 0 aliphatic carbocycles. The van der Waals surface area contributed by atoms with Crippen molar-refractivity contribution in [2.45, 2.75) is 56.7 Å². The minimum absolute atomic E-state index is 0. The van der Waals surface area contributed by atoms with Crippen LogP contribution in [0.1, 0.15) is 39.5 Å². The molecule has 0 radical (unpaired) electrons. The van der Waals surface area contributed by atoms with Gasteiger partial charge < -0.3 is 15.2 Å². The maximum absolute atomic E-state index is 10.4. The number of rotatable bonds is 4. The van der Waals surface area contributed by atoms with Crippen LogP contribution >= 0.6 is 24.8 Å². The monoisotopic (exact) mass is 476 g/mol. The lowest BCUT2D eigenvalue weighted by Crippen LogP contribution is -2.56. The molecule has 2 aliphatic heterocycles. The Morgan fingerprint density at radius 2 is 1.66 bits per heavy atom. The molecule has 170 valence electrons. The number of aromatic nitrogens is 5. The van der Waals surface area contributed by atoms with E-state index in [1.807, 2.05) is 0 Å². The molecular formula is C22H26Cl2N6O2. The lowest BCUT2D eigenvalue weighted by Gasteiger charge is -2.41. The third-order valence-electron chi connectivity index (χ3n) is 6.12. The van der Waals surface area contributed by atoms with E-state index in [0.29, 0.717) is 17.3 Å². The molecule has 2 atom stereocenters. The molecule has 0 spiro atoms. The first-order valence-electron chi connectivity index (χ1n) is 10.2. The van der Waals surface area contributed by atoms with Crippen LogP contribution in [0.5, 0.6) is 11.6 Å². The van der Waals surface area contributed by atoms with E-state index in [1.165, 1.54) is 19.2 Å². The van der Waals surface area contributed by atoms with E-state index in [2.05, 4.69) is 44.3 Å². The molecule has 2 unspecified atom stereocenters. The van der Waals surface area contributed by atoms with E-state index < -0.39 is 0 Å². The highest BCUT2D eigenvalue weighted by molar-refractivity contribution is 5.85. The van der Waals surface area contributed by atoms with E-state index in [-0.39, 0.29) is 47.7 Å². The summed E-state index contributed by atoms with van der Waals surface area (Å²) in [4.78, 5) is 12.3. The van der Waals surface area contributed by atoms with Crippen LogP contribution in [-0.4, -0.2) is 47.4 Å². The van der Waals surface area contributed by atoms with Crippen LogP contribution in [0.2, 0.25) is 0 Å². The van der Waals surface area contributed by atoms with Gasteiger partial charge in [0, 0.05) is 59.7 Å². The van der Waals surface area contributed by atoms with Gasteiger partial charge >= 0.3 is 0 Å². The lowest BCUT2D eigenvalue weighted by atomic mass is 9.86. The Balaban J connectivity index is 0.00000144. The summed E-state index contributed by atoms with van der Waals surface area (Å²) in [6.07, 6.45) is 10.8. The van der Waals surface area contributed by atoms with Crippen LogP contribution in [0.4, 0.5) is 0 Å². The fraction of sp³-hybridized carbons (Fsp3) is 0.409. The van der Waals surface area contributed by atoms with Crippen molar-refractivity contribution >= 4 is 24.8 Å². The molecule has 32 heavy (non-hydrogen) atoms. The minimum Gasteiger partial charge on any atom is -0.506 e. The van der Waals surface area contributed by atoms with Gasteiger partial charge in [-0.1, -0.05) is 0 Å². The Labute approximate surface area is 199 Å². The highest BCUT2D eigenvalue weighted by Crippen LogP contribution is 2.43. The van der Waals surface area contributed by atoms with Crippen molar-refractivity contribution in [3.8, 4) is 34.1 Å². The van der Waals surface area contributed by atoms with E-state index in [9.17, 15) is 5.11 Å². The molecule has 8 nitrogen and oxygen atoms in total. The van der Waals surface area contributed by atoms with E-state index in [1.54, 1.807) is 36.8 Å². The minimum atomic E-state index is 0. The van der Waals surface area contributed by atoms with Gasteiger partial charge in [-0.15, -0.1) is 35.0 Å². The smallest absolute Gasteiger partial charge is 0.233 e. The van der Waals surface area contributed by atoms with Crippen LogP contribution in [0.25, 0.3) is 22.5 Å². The number of aromatic hydroxyl groups is 1. The van der Waals surface area contributed by atoms with Gasteiger partial charge in [0.2, 0.25) is 5.88 Å². The topological polar surface area (TPSA) is 106 Å². The Hall–Kier alpha value is -2.55.